The number of halogens is 1. The summed E-state index contributed by atoms with van der Waals surface area (Å²) in [4.78, 5) is 0. The van der Waals surface area contributed by atoms with E-state index in [1.165, 1.54) is 0 Å². The Kier molecular flexibility index (Phi) is 3.32. The van der Waals surface area contributed by atoms with Gasteiger partial charge in [-0.15, -0.1) is 0 Å². The SMILES string of the molecule is COc1c(Cl)cccc1Nc1ccccc1. The normalized spacial score (nSPS) is 9.88. The van der Waals surface area contributed by atoms with Gasteiger partial charge in [0.25, 0.3) is 0 Å². The van der Waals surface area contributed by atoms with Crippen molar-refractivity contribution in [3.05, 3.63) is 53.6 Å². The average molecular weight is 234 g/mol. The number of benzene rings is 2. The average Bonchev–Trinajstić information content (AvgIpc) is 2.31. The fourth-order valence-electron chi connectivity index (χ4n) is 1.49. The summed E-state index contributed by atoms with van der Waals surface area (Å²) in [6, 6.07) is 15.5. The van der Waals surface area contributed by atoms with Crippen molar-refractivity contribution < 1.29 is 4.74 Å². The molecule has 0 fully saturated rings. The van der Waals surface area contributed by atoms with Crippen LogP contribution in [0, 0.1) is 0 Å². The van der Waals surface area contributed by atoms with E-state index in [9.17, 15) is 0 Å². The van der Waals surface area contributed by atoms with Crippen LogP contribution in [-0.2, 0) is 0 Å². The Morgan fingerprint density at radius 3 is 2.44 bits per heavy atom. The van der Waals surface area contributed by atoms with E-state index in [4.69, 9.17) is 16.3 Å². The van der Waals surface area contributed by atoms with Gasteiger partial charge in [-0.3, -0.25) is 0 Å². The lowest BCUT2D eigenvalue weighted by Gasteiger charge is -2.12. The molecule has 2 aromatic carbocycles. The molecule has 2 rings (SSSR count). The van der Waals surface area contributed by atoms with Crippen molar-refractivity contribution in [3.8, 4) is 5.75 Å². The van der Waals surface area contributed by atoms with Gasteiger partial charge >= 0.3 is 0 Å². The molecule has 0 atom stereocenters. The van der Waals surface area contributed by atoms with E-state index in [2.05, 4.69) is 5.32 Å². The molecule has 16 heavy (non-hydrogen) atoms. The molecule has 0 aliphatic rings. The molecule has 1 N–H and O–H groups in total. The van der Waals surface area contributed by atoms with Crippen LogP contribution in [-0.4, -0.2) is 7.11 Å². The van der Waals surface area contributed by atoms with Gasteiger partial charge in [0, 0.05) is 5.69 Å². The Hall–Kier alpha value is -1.67. The molecule has 0 saturated carbocycles. The quantitative estimate of drug-likeness (QED) is 0.862. The van der Waals surface area contributed by atoms with Gasteiger partial charge in [0.1, 0.15) is 0 Å². The fraction of sp³-hybridized carbons (Fsp3) is 0.0769. The van der Waals surface area contributed by atoms with Crippen LogP contribution >= 0.6 is 11.6 Å². The third-order valence-electron chi connectivity index (χ3n) is 2.22. The van der Waals surface area contributed by atoms with Crippen molar-refractivity contribution in [3.63, 3.8) is 0 Å². The Morgan fingerprint density at radius 2 is 1.75 bits per heavy atom. The van der Waals surface area contributed by atoms with E-state index in [-0.39, 0.29) is 0 Å². The van der Waals surface area contributed by atoms with Crippen LogP contribution in [0.2, 0.25) is 5.02 Å². The highest BCUT2D eigenvalue weighted by molar-refractivity contribution is 6.32. The summed E-state index contributed by atoms with van der Waals surface area (Å²) in [5.41, 5.74) is 1.87. The second kappa shape index (κ2) is 4.90. The molecule has 0 aromatic heterocycles. The van der Waals surface area contributed by atoms with Crippen LogP contribution in [0.3, 0.4) is 0 Å². The van der Waals surface area contributed by atoms with Crippen LogP contribution in [0.5, 0.6) is 5.75 Å². The third-order valence-corrected chi connectivity index (χ3v) is 2.52. The summed E-state index contributed by atoms with van der Waals surface area (Å²) in [5.74, 6) is 0.660. The fourth-order valence-corrected chi connectivity index (χ4v) is 1.74. The molecular formula is C13H12ClNO. The molecule has 0 heterocycles. The zero-order valence-corrected chi connectivity index (χ0v) is 9.66. The molecule has 2 nitrogen and oxygen atoms in total. The predicted molar refractivity (Wildman–Crippen MR) is 67.7 cm³/mol. The van der Waals surface area contributed by atoms with Crippen molar-refractivity contribution in [2.75, 3.05) is 12.4 Å². The second-order valence-electron chi connectivity index (χ2n) is 3.31. The standard InChI is InChI=1S/C13H12ClNO/c1-16-13-11(14)8-5-9-12(13)15-10-6-3-2-4-7-10/h2-9,15H,1H3. The summed E-state index contributed by atoms with van der Waals surface area (Å²) in [5, 5.41) is 3.86. The van der Waals surface area contributed by atoms with E-state index in [0.717, 1.165) is 11.4 Å². The van der Waals surface area contributed by atoms with Gasteiger partial charge in [0.05, 0.1) is 17.8 Å². The topological polar surface area (TPSA) is 21.3 Å². The number of nitrogens with one attached hydrogen (secondary N) is 1. The largest absolute Gasteiger partial charge is 0.493 e. The van der Waals surface area contributed by atoms with Gasteiger partial charge in [-0.1, -0.05) is 35.9 Å². The summed E-state index contributed by atoms with van der Waals surface area (Å²) >= 11 is 6.03. The number of hydrogen-bond donors (Lipinski definition) is 1. The summed E-state index contributed by atoms with van der Waals surface area (Å²) in [7, 11) is 1.61. The Bertz CT molecular complexity index is 471. The summed E-state index contributed by atoms with van der Waals surface area (Å²) in [6.45, 7) is 0. The predicted octanol–water partition coefficient (Wildman–Crippen LogP) is 4.09. The highest BCUT2D eigenvalue weighted by Crippen LogP contribution is 2.34. The van der Waals surface area contributed by atoms with Gasteiger partial charge in [0.15, 0.2) is 5.75 Å². The van der Waals surface area contributed by atoms with Crippen LogP contribution < -0.4 is 10.1 Å². The van der Waals surface area contributed by atoms with Gasteiger partial charge in [-0.05, 0) is 24.3 Å². The van der Waals surface area contributed by atoms with Crippen LogP contribution in [0.1, 0.15) is 0 Å². The maximum Gasteiger partial charge on any atom is 0.160 e. The Morgan fingerprint density at radius 1 is 1.00 bits per heavy atom. The number of methoxy groups -OCH3 is 1. The second-order valence-corrected chi connectivity index (χ2v) is 3.72. The molecular weight excluding hydrogens is 222 g/mol. The van der Waals surface area contributed by atoms with E-state index in [1.807, 2.05) is 42.5 Å². The molecule has 0 bridgehead atoms. The first kappa shape index (κ1) is 10.8. The molecule has 0 aliphatic heterocycles. The first-order valence-corrected chi connectivity index (χ1v) is 5.33. The molecule has 2 aromatic rings. The smallest absolute Gasteiger partial charge is 0.160 e. The zero-order valence-electron chi connectivity index (χ0n) is 8.91. The summed E-state index contributed by atoms with van der Waals surface area (Å²) < 4.78 is 5.25. The van der Waals surface area contributed by atoms with Gasteiger partial charge < -0.3 is 10.1 Å². The number of para-hydroxylation sites is 2. The highest BCUT2D eigenvalue weighted by atomic mass is 35.5. The minimum absolute atomic E-state index is 0.600. The van der Waals surface area contributed by atoms with Crippen LogP contribution in [0.4, 0.5) is 11.4 Å². The van der Waals surface area contributed by atoms with Crippen molar-refractivity contribution in [2.24, 2.45) is 0 Å². The minimum atomic E-state index is 0.600. The van der Waals surface area contributed by atoms with E-state index < -0.39 is 0 Å². The number of rotatable bonds is 3. The van der Waals surface area contributed by atoms with Crippen molar-refractivity contribution >= 4 is 23.0 Å². The zero-order chi connectivity index (χ0) is 11.4. The number of ether oxygens (including phenoxy) is 1. The van der Waals surface area contributed by atoms with Gasteiger partial charge in [-0.25, -0.2) is 0 Å². The molecule has 3 heteroatoms. The maximum absolute atomic E-state index is 6.03. The maximum atomic E-state index is 6.03. The molecule has 0 aliphatic carbocycles. The highest BCUT2D eigenvalue weighted by Gasteiger charge is 2.06. The van der Waals surface area contributed by atoms with E-state index >= 15 is 0 Å². The lowest BCUT2D eigenvalue weighted by Crippen LogP contribution is -1.94. The monoisotopic (exact) mass is 233 g/mol. The van der Waals surface area contributed by atoms with Crippen LogP contribution in [0.25, 0.3) is 0 Å². The van der Waals surface area contributed by atoms with Crippen molar-refractivity contribution in [1.82, 2.24) is 0 Å². The Labute approximate surface area is 99.8 Å². The van der Waals surface area contributed by atoms with Gasteiger partial charge in [0.2, 0.25) is 0 Å². The van der Waals surface area contributed by atoms with E-state index in [0.29, 0.717) is 10.8 Å². The molecule has 0 amide bonds. The molecule has 0 radical (unpaired) electrons. The van der Waals surface area contributed by atoms with Crippen molar-refractivity contribution in [2.45, 2.75) is 0 Å². The lowest BCUT2D eigenvalue weighted by molar-refractivity contribution is 0.417. The molecule has 0 spiro atoms. The van der Waals surface area contributed by atoms with E-state index in [1.54, 1.807) is 13.2 Å². The third kappa shape index (κ3) is 2.28. The molecule has 0 saturated heterocycles. The first-order chi connectivity index (χ1) is 7.81. The summed E-state index contributed by atoms with van der Waals surface area (Å²) in [6.07, 6.45) is 0. The molecule has 0 unspecified atom stereocenters. The Balaban J connectivity index is 2.31. The lowest BCUT2D eigenvalue weighted by atomic mass is 10.2. The number of hydrogen-bond acceptors (Lipinski definition) is 2. The van der Waals surface area contributed by atoms with Crippen LogP contribution in [0.15, 0.2) is 48.5 Å². The first-order valence-electron chi connectivity index (χ1n) is 4.96. The van der Waals surface area contributed by atoms with Gasteiger partial charge in [-0.2, -0.15) is 0 Å². The molecule has 82 valence electrons. The van der Waals surface area contributed by atoms with Crippen molar-refractivity contribution in [1.29, 1.82) is 0 Å². The minimum Gasteiger partial charge on any atom is -0.493 e. The number of anilines is 2.